The van der Waals surface area contributed by atoms with Gasteiger partial charge in [0.05, 0.1) is 7.85 Å². The number of halogens is 1. The predicted molar refractivity (Wildman–Crippen MR) is 80.6 cm³/mol. The molecule has 0 amide bonds. The van der Waals surface area contributed by atoms with Gasteiger partial charge in [-0.2, -0.15) is 0 Å². The van der Waals surface area contributed by atoms with Gasteiger partial charge >= 0.3 is 0 Å². The van der Waals surface area contributed by atoms with Crippen LogP contribution in [0.2, 0.25) is 16.2 Å². The van der Waals surface area contributed by atoms with E-state index in [4.69, 9.17) is 7.85 Å². The van der Waals surface area contributed by atoms with Crippen molar-refractivity contribution in [2.24, 2.45) is 5.92 Å². The highest BCUT2D eigenvalue weighted by atomic mass is 79.9. The van der Waals surface area contributed by atoms with E-state index >= 15 is 0 Å². The number of rotatable bonds is 0. The normalized spacial score (nSPS) is 44.9. The average Bonchev–Trinajstić information content (AvgIpc) is 3.15. The van der Waals surface area contributed by atoms with E-state index in [1.165, 1.54) is 44.9 Å². The Balaban J connectivity index is 1.53. The van der Waals surface area contributed by atoms with E-state index in [0.29, 0.717) is 15.9 Å². The zero-order valence-corrected chi connectivity index (χ0v) is 12.4. The van der Waals surface area contributed by atoms with Crippen LogP contribution in [0.1, 0.15) is 51.9 Å². The van der Waals surface area contributed by atoms with Gasteiger partial charge in [-0.15, -0.1) is 0 Å². The molecule has 2 aliphatic carbocycles. The molecule has 0 N–H and O–H groups in total. The lowest BCUT2D eigenvalue weighted by molar-refractivity contribution is 0.334. The number of hydrogen-bond acceptors (Lipinski definition) is 0. The van der Waals surface area contributed by atoms with Gasteiger partial charge in [-0.1, -0.05) is 77.1 Å². The van der Waals surface area contributed by atoms with Crippen molar-refractivity contribution in [2.45, 2.75) is 72.9 Å². The van der Waals surface area contributed by atoms with Gasteiger partial charge in [-0.05, 0) is 12.8 Å². The van der Waals surface area contributed by atoms with Crippen molar-refractivity contribution in [3.63, 3.8) is 0 Å². The zero-order chi connectivity index (χ0) is 11.8. The summed E-state index contributed by atoms with van der Waals surface area (Å²) in [5.41, 5.74) is 0. The predicted octanol–water partition coefficient (Wildman–Crippen LogP) is 3.76. The van der Waals surface area contributed by atoms with Crippen LogP contribution in [-0.4, -0.2) is 25.9 Å². The van der Waals surface area contributed by atoms with E-state index in [2.05, 4.69) is 22.9 Å². The molecule has 0 aromatic rings. The summed E-state index contributed by atoms with van der Waals surface area (Å²) in [4.78, 5) is 0.697. The van der Waals surface area contributed by atoms with Crippen molar-refractivity contribution in [1.29, 1.82) is 0 Å². The number of hydrogen-bond donors (Lipinski definition) is 0. The van der Waals surface area contributed by atoms with Gasteiger partial charge in [0.15, 0.2) is 0 Å². The highest BCUT2D eigenvalue weighted by Gasteiger charge is 2.94. The average molecular weight is 289 g/mol. The zero-order valence-electron chi connectivity index (χ0n) is 10.8. The second-order valence-electron chi connectivity index (χ2n) is 7.31. The molecule has 2 heterocycles. The summed E-state index contributed by atoms with van der Waals surface area (Å²) < 4.78 is 0. The molecule has 0 bridgehead atoms. The Hall–Kier alpha value is 0.675. The van der Waals surface area contributed by atoms with Gasteiger partial charge in [0.1, 0.15) is 13.2 Å². The van der Waals surface area contributed by atoms with Crippen LogP contribution in [-0.2, 0) is 0 Å². The smallest absolute Gasteiger partial charge is 0.0891 e. The molecule has 0 aromatic heterocycles. The Bertz CT molecular complexity index is 349. The Labute approximate surface area is 116 Å². The van der Waals surface area contributed by atoms with Crippen molar-refractivity contribution in [2.75, 3.05) is 0 Å². The van der Waals surface area contributed by atoms with Crippen LogP contribution in [0.3, 0.4) is 0 Å². The van der Waals surface area contributed by atoms with Gasteiger partial charge in [-0.3, -0.25) is 0 Å². The molecule has 17 heavy (non-hydrogen) atoms. The maximum atomic E-state index is 6.49. The first-order valence-corrected chi connectivity index (χ1v) is 8.45. The van der Waals surface area contributed by atoms with Gasteiger partial charge in [-0.25, -0.2) is 0 Å². The molecule has 2 radical (unpaired) electrons. The Morgan fingerprint density at radius 2 is 1.88 bits per heavy atom. The fourth-order valence-corrected chi connectivity index (χ4v) is 6.75. The number of fused-ring (bicyclic) bond motifs is 5. The SMILES string of the molecule is [B]C1CC(Br)CCC12B1B2C12CCCCC2C. The highest BCUT2D eigenvalue weighted by molar-refractivity contribution is 9.09. The summed E-state index contributed by atoms with van der Waals surface area (Å²) in [7, 11) is 6.49. The molecule has 88 valence electrons. The third-order valence-corrected chi connectivity index (χ3v) is 7.77. The summed E-state index contributed by atoms with van der Waals surface area (Å²) in [5.74, 6) is 1.49. The lowest BCUT2D eigenvalue weighted by Gasteiger charge is -2.49. The Morgan fingerprint density at radius 3 is 2.53 bits per heavy atom. The summed E-state index contributed by atoms with van der Waals surface area (Å²) in [6.45, 7) is 4.60. The van der Waals surface area contributed by atoms with Crippen LogP contribution in [0.15, 0.2) is 0 Å². The first kappa shape index (κ1) is 11.5. The Kier molecular flexibility index (Phi) is 2.30. The molecule has 3 unspecified atom stereocenters. The van der Waals surface area contributed by atoms with Crippen LogP contribution < -0.4 is 0 Å². The fourth-order valence-electron chi connectivity index (χ4n) is 6.12. The van der Waals surface area contributed by atoms with Crippen LogP contribution in [0.4, 0.5) is 0 Å². The third kappa shape index (κ3) is 1.20. The topological polar surface area (TPSA) is 0 Å². The van der Waals surface area contributed by atoms with Gasteiger partial charge < -0.3 is 0 Å². The van der Waals surface area contributed by atoms with Gasteiger partial charge in [0.25, 0.3) is 0 Å². The van der Waals surface area contributed by atoms with E-state index in [-0.39, 0.29) is 0 Å². The maximum absolute atomic E-state index is 6.49. The molecule has 2 saturated heterocycles. The molecule has 2 saturated carbocycles. The molecule has 0 nitrogen and oxygen atoms in total. The molecule has 4 aliphatic rings. The minimum Gasteiger partial charge on any atom is -0.0891 e. The molecule has 2 spiro atoms. The Morgan fingerprint density at radius 1 is 1.12 bits per heavy atom. The van der Waals surface area contributed by atoms with Crippen molar-refractivity contribution < 1.29 is 0 Å². The van der Waals surface area contributed by atoms with E-state index in [0.717, 1.165) is 24.3 Å². The van der Waals surface area contributed by atoms with Crippen LogP contribution in [0.25, 0.3) is 0 Å². The molecule has 3 atom stereocenters. The molecule has 4 heteroatoms. The van der Waals surface area contributed by atoms with E-state index in [9.17, 15) is 0 Å². The molecule has 4 fully saturated rings. The monoisotopic (exact) mass is 288 g/mol. The molecular formula is C13H20B3Br. The van der Waals surface area contributed by atoms with E-state index in [1.54, 1.807) is 0 Å². The minimum atomic E-state index is 0.496. The largest absolute Gasteiger partial charge is 0.105 e. The summed E-state index contributed by atoms with van der Waals surface area (Å²) >= 11 is 3.76. The molecule has 4 rings (SSSR count). The minimum absolute atomic E-state index is 0.496. The van der Waals surface area contributed by atoms with Gasteiger partial charge in [0, 0.05) is 4.83 Å². The summed E-state index contributed by atoms with van der Waals surface area (Å²) in [5, 5.41) is 1.41. The fraction of sp³-hybridized carbons (Fsp3) is 1.00. The van der Waals surface area contributed by atoms with Crippen LogP contribution in [0.5, 0.6) is 0 Å². The van der Waals surface area contributed by atoms with Crippen molar-refractivity contribution in [3.05, 3.63) is 0 Å². The quantitative estimate of drug-likeness (QED) is 0.470. The van der Waals surface area contributed by atoms with E-state index in [1.807, 2.05) is 0 Å². The lowest BCUT2D eigenvalue weighted by atomic mass is 9.33. The second kappa shape index (κ2) is 3.41. The maximum Gasteiger partial charge on any atom is 0.105 e. The van der Waals surface area contributed by atoms with Gasteiger partial charge in [0.2, 0.25) is 0 Å². The highest BCUT2D eigenvalue weighted by Crippen LogP contribution is 2.92. The van der Waals surface area contributed by atoms with E-state index < -0.39 is 0 Å². The first-order valence-electron chi connectivity index (χ1n) is 7.53. The van der Waals surface area contributed by atoms with Crippen LogP contribution >= 0.6 is 15.9 Å². The summed E-state index contributed by atoms with van der Waals surface area (Å²) in [6, 6.07) is 0. The van der Waals surface area contributed by atoms with Crippen LogP contribution in [0, 0.1) is 5.92 Å². The molecular weight excluding hydrogens is 268 g/mol. The summed E-state index contributed by atoms with van der Waals surface area (Å²) in [6.07, 6.45) is 9.97. The van der Waals surface area contributed by atoms with Crippen molar-refractivity contribution >= 4 is 37.0 Å². The molecule has 2 aliphatic heterocycles. The van der Waals surface area contributed by atoms with Crippen molar-refractivity contribution in [3.8, 4) is 0 Å². The molecule has 0 aromatic carbocycles. The lowest BCUT2D eigenvalue weighted by Crippen LogP contribution is -2.37. The second-order valence-corrected chi connectivity index (χ2v) is 8.60. The standard InChI is InChI=1S/C13H20B3Br/c1-9-4-2-3-6-12(9)15-13(16(12)15)7-5-10(17)8-11(13)14/h9-11H,2-8H2,1H3. The number of alkyl halides is 1. The van der Waals surface area contributed by atoms with Crippen molar-refractivity contribution in [1.82, 2.24) is 0 Å². The first-order chi connectivity index (χ1) is 8.14. The third-order valence-electron chi connectivity index (χ3n) is 6.94.